The maximum atomic E-state index is 13.7. The van der Waals surface area contributed by atoms with Crippen molar-refractivity contribution in [2.45, 2.75) is 26.1 Å². The molecule has 1 unspecified atom stereocenters. The summed E-state index contributed by atoms with van der Waals surface area (Å²) in [5.74, 6) is -0.399. The molecule has 1 aliphatic heterocycles. The van der Waals surface area contributed by atoms with Gasteiger partial charge in [0.05, 0.1) is 29.7 Å². The third kappa shape index (κ3) is 3.65. The van der Waals surface area contributed by atoms with E-state index in [9.17, 15) is 22.8 Å². The number of rotatable bonds is 3. The van der Waals surface area contributed by atoms with E-state index in [1.807, 2.05) is 13.8 Å². The van der Waals surface area contributed by atoms with Crippen LogP contribution in [0.3, 0.4) is 0 Å². The maximum absolute atomic E-state index is 13.7. The molecule has 0 saturated carbocycles. The Morgan fingerprint density at radius 3 is 2.37 bits per heavy atom. The summed E-state index contributed by atoms with van der Waals surface area (Å²) >= 11 is 0. The highest BCUT2D eigenvalue weighted by molar-refractivity contribution is 6.10. The van der Waals surface area contributed by atoms with E-state index in [1.54, 1.807) is 36.4 Å². The number of ether oxygens (including phenoxy) is 1. The van der Waals surface area contributed by atoms with Gasteiger partial charge in [-0.2, -0.15) is 13.2 Å². The predicted molar refractivity (Wildman–Crippen MR) is 125 cm³/mol. The quantitative estimate of drug-likeness (QED) is 0.352. The largest absolute Gasteiger partial charge is 0.497 e. The molecule has 0 radical (unpaired) electrons. The minimum atomic E-state index is -4.60. The summed E-state index contributed by atoms with van der Waals surface area (Å²) in [6.45, 7) is 3.72. The third-order valence-electron chi connectivity index (χ3n) is 6.35. The average Bonchev–Trinajstić information content (AvgIpc) is 3.12. The molecular formula is C27H20F3NO4. The second-order valence-corrected chi connectivity index (χ2v) is 8.51. The fourth-order valence-electron chi connectivity index (χ4n) is 4.45. The number of carbonyl (C=O) groups is 1. The molecule has 5 nitrogen and oxygen atoms in total. The molecule has 0 saturated heterocycles. The highest BCUT2D eigenvalue weighted by Crippen LogP contribution is 2.43. The van der Waals surface area contributed by atoms with Crippen LogP contribution in [0.1, 0.15) is 44.4 Å². The molecule has 0 bridgehead atoms. The first-order valence-corrected chi connectivity index (χ1v) is 10.8. The molecule has 5 rings (SSSR count). The monoisotopic (exact) mass is 479 g/mol. The van der Waals surface area contributed by atoms with Crippen LogP contribution in [0, 0.1) is 13.8 Å². The molecule has 0 spiro atoms. The number of nitrogens with zero attached hydrogens (tertiary/aromatic N) is 1. The highest BCUT2D eigenvalue weighted by Gasteiger charge is 2.44. The van der Waals surface area contributed by atoms with Gasteiger partial charge in [-0.25, -0.2) is 0 Å². The maximum Gasteiger partial charge on any atom is 0.416 e. The fourth-order valence-corrected chi connectivity index (χ4v) is 4.45. The second-order valence-electron chi connectivity index (χ2n) is 8.51. The first kappa shape index (κ1) is 22.7. The van der Waals surface area contributed by atoms with Crippen LogP contribution in [-0.2, 0) is 6.18 Å². The summed E-state index contributed by atoms with van der Waals surface area (Å²) in [5.41, 5.74) is 1.28. The molecule has 8 heteroatoms. The Labute approximate surface area is 198 Å². The summed E-state index contributed by atoms with van der Waals surface area (Å²) < 4.78 is 51.7. The average molecular weight is 479 g/mol. The zero-order valence-electron chi connectivity index (χ0n) is 19.1. The van der Waals surface area contributed by atoms with Crippen molar-refractivity contribution >= 4 is 22.6 Å². The van der Waals surface area contributed by atoms with Gasteiger partial charge in [0.2, 0.25) is 5.76 Å². The summed E-state index contributed by atoms with van der Waals surface area (Å²) in [7, 11) is 1.48. The zero-order valence-corrected chi connectivity index (χ0v) is 19.1. The Bertz CT molecular complexity index is 1550. The first-order chi connectivity index (χ1) is 16.6. The highest BCUT2D eigenvalue weighted by atomic mass is 19.4. The molecule has 1 amide bonds. The first-order valence-electron chi connectivity index (χ1n) is 10.8. The van der Waals surface area contributed by atoms with Gasteiger partial charge in [-0.05, 0) is 73.0 Å². The standard InChI is InChI=1S/C27H20F3NO4/c1-14-10-20-21(11-15(14)2)35-25-22(24(20)32)23(16-6-4-9-19(12-16)34-3)31(26(25)33)18-8-5-7-17(13-18)27(28,29)30/h4-13,23H,1-3H3. The van der Waals surface area contributed by atoms with Gasteiger partial charge in [-0.1, -0.05) is 18.2 Å². The Morgan fingerprint density at radius 2 is 1.66 bits per heavy atom. The zero-order chi connectivity index (χ0) is 25.1. The van der Waals surface area contributed by atoms with Crippen LogP contribution in [0.5, 0.6) is 5.75 Å². The van der Waals surface area contributed by atoms with Crippen molar-refractivity contribution in [3.05, 3.63) is 104 Å². The van der Waals surface area contributed by atoms with Crippen LogP contribution in [0.25, 0.3) is 11.0 Å². The van der Waals surface area contributed by atoms with Gasteiger partial charge in [0.1, 0.15) is 11.3 Å². The van der Waals surface area contributed by atoms with Gasteiger partial charge in [-0.15, -0.1) is 0 Å². The Hall–Kier alpha value is -4.07. The van der Waals surface area contributed by atoms with Crippen molar-refractivity contribution in [1.82, 2.24) is 0 Å². The van der Waals surface area contributed by atoms with Crippen molar-refractivity contribution in [3.8, 4) is 5.75 Å². The van der Waals surface area contributed by atoms with Crippen LogP contribution >= 0.6 is 0 Å². The summed E-state index contributed by atoms with van der Waals surface area (Å²) in [6.07, 6.45) is -4.60. The number of fused-ring (bicyclic) bond motifs is 2. The minimum Gasteiger partial charge on any atom is -0.497 e. The summed E-state index contributed by atoms with van der Waals surface area (Å²) in [4.78, 5) is 28.5. The number of hydrogen-bond donors (Lipinski definition) is 0. The van der Waals surface area contributed by atoms with E-state index in [1.165, 1.54) is 24.1 Å². The third-order valence-corrected chi connectivity index (χ3v) is 6.35. The lowest BCUT2D eigenvalue weighted by Gasteiger charge is -2.26. The van der Waals surface area contributed by atoms with Crippen LogP contribution in [0.2, 0.25) is 0 Å². The molecule has 1 atom stereocenters. The van der Waals surface area contributed by atoms with Gasteiger partial charge < -0.3 is 9.15 Å². The van der Waals surface area contributed by atoms with Crippen LogP contribution in [0.4, 0.5) is 18.9 Å². The van der Waals surface area contributed by atoms with Crippen molar-refractivity contribution in [2.24, 2.45) is 0 Å². The fraction of sp³-hybridized carbons (Fsp3) is 0.185. The topological polar surface area (TPSA) is 59.8 Å². The smallest absolute Gasteiger partial charge is 0.416 e. The Morgan fingerprint density at radius 1 is 0.943 bits per heavy atom. The molecule has 0 N–H and O–H groups in total. The van der Waals surface area contributed by atoms with Crippen LogP contribution in [-0.4, -0.2) is 13.0 Å². The van der Waals surface area contributed by atoms with Crippen molar-refractivity contribution in [3.63, 3.8) is 0 Å². The lowest BCUT2D eigenvalue weighted by molar-refractivity contribution is -0.137. The molecule has 1 aromatic heterocycles. The van der Waals surface area contributed by atoms with E-state index in [0.717, 1.165) is 23.3 Å². The molecule has 35 heavy (non-hydrogen) atoms. The van der Waals surface area contributed by atoms with E-state index >= 15 is 0 Å². The number of methoxy groups -OCH3 is 1. The number of alkyl halides is 3. The van der Waals surface area contributed by atoms with E-state index in [-0.39, 0.29) is 22.6 Å². The van der Waals surface area contributed by atoms with Crippen molar-refractivity contribution in [1.29, 1.82) is 0 Å². The molecule has 3 aromatic carbocycles. The lowest BCUT2D eigenvalue weighted by Crippen LogP contribution is -2.29. The van der Waals surface area contributed by atoms with Crippen molar-refractivity contribution < 1.29 is 27.1 Å². The Balaban J connectivity index is 1.81. The second kappa shape index (κ2) is 8.01. The molecule has 0 fully saturated rings. The molecule has 2 heterocycles. The molecule has 178 valence electrons. The van der Waals surface area contributed by atoms with Gasteiger partial charge in [-0.3, -0.25) is 14.5 Å². The molecule has 0 aliphatic carbocycles. The molecule has 1 aliphatic rings. The summed E-state index contributed by atoms with van der Waals surface area (Å²) in [5, 5.41) is 0.304. The lowest BCUT2D eigenvalue weighted by atomic mass is 9.97. The number of carbonyl (C=O) groups excluding carboxylic acids is 1. The number of aryl methyl sites for hydroxylation is 2. The SMILES string of the molecule is COc1cccc(C2c3c(oc4cc(C)c(C)cc4c3=O)C(=O)N2c2cccc(C(F)(F)F)c2)c1. The summed E-state index contributed by atoms with van der Waals surface area (Å²) in [6, 6.07) is 13.6. The number of benzene rings is 3. The number of halogens is 3. The van der Waals surface area contributed by atoms with Crippen LogP contribution < -0.4 is 15.1 Å². The normalized spacial score (nSPS) is 15.5. The number of hydrogen-bond acceptors (Lipinski definition) is 4. The molecular weight excluding hydrogens is 459 g/mol. The minimum absolute atomic E-state index is 0.000128. The predicted octanol–water partition coefficient (Wildman–Crippen LogP) is 6.19. The number of amides is 1. The van der Waals surface area contributed by atoms with E-state index in [0.29, 0.717) is 16.7 Å². The molecule has 4 aromatic rings. The van der Waals surface area contributed by atoms with Gasteiger partial charge in [0.25, 0.3) is 5.91 Å². The van der Waals surface area contributed by atoms with Crippen LogP contribution in [0.15, 0.2) is 69.9 Å². The van der Waals surface area contributed by atoms with E-state index in [2.05, 4.69) is 0 Å². The van der Waals surface area contributed by atoms with Gasteiger partial charge >= 0.3 is 6.18 Å². The van der Waals surface area contributed by atoms with Gasteiger partial charge in [0, 0.05) is 5.69 Å². The number of anilines is 1. The Kier molecular flexibility index (Phi) is 5.20. The van der Waals surface area contributed by atoms with Crippen molar-refractivity contribution in [2.75, 3.05) is 12.0 Å². The van der Waals surface area contributed by atoms with E-state index in [4.69, 9.17) is 9.15 Å². The van der Waals surface area contributed by atoms with Gasteiger partial charge in [0.15, 0.2) is 5.43 Å². The van der Waals surface area contributed by atoms with E-state index < -0.39 is 29.1 Å².